The minimum Gasteiger partial charge on any atom is -0.340 e. The van der Waals surface area contributed by atoms with Gasteiger partial charge in [-0.25, -0.2) is 9.18 Å². The first-order valence-electron chi connectivity index (χ1n) is 14.1. The first kappa shape index (κ1) is 32.6. The van der Waals surface area contributed by atoms with Crippen molar-refractivity contribution in [2.45, 2.75) is 64.1 Å². The molecule has 0 spiro atoms. The number of hydrogen-bond donors (Lipinski definition) is 0. The Hall–Kier alpha value is -3.35. The van der Waals surface area contributed by atoms with Crippen LogP contribution in [-0.2, 0) is 22.8 Å². The van der Waals surface area contributed by atoms with Crippen LogP contribution in [0.1, 0.15) is 67.0 Å². The van der Waals surface area contributed by atoms with E-state index in [1.165, 1.54) is 33.0 Å². The fourth-order valence-corrected chi connectivity index (χ4v) is 6.26. The van der Waals surface area contributed by atoms with Crippen LogP contribution >= 0.6 is 0 Å². The van der Waals surface area contributed by atoms with Crippen LogP contribution in [0.2, 0.25) is 0 Å². The Balaban J connectivity index is 1.77. The molecule has 2 aliphatic rings. The molecule has 2 atom stereocenters. The number of nitrogens with zero attached hydrogens (tertiary/aromatic N) is 4. The molecule has 0 saturated carbocycles. The molecule has 13 heteroatoms. The third-order valence-corrected chi connectivity index (χ3v) is 8.68. The first-order valence-corrected chi connectivity index (χ1v) is 14.1. The van der Waals surface area contributed by atoms with Crippen LogP contribution in [0.4, 0.5) is 35.5 Å². The number of carbonyl (C=O) groups excluding carboxylic acids is 2. The Kier molecular flexibility index (Phi) is 9.07. The van der Waals surface area contributed by atoms with Crippen LogP contribution in [0.5, 0.6) is 0 Å². The number of piperazine rings is 1. The summed E-state index contributed by atoms with van der Waals surface area (Å²) in [4.78, 5) is 32.8. The number of rotatable bonds is 4. The topological polar surface area (TPSA) is 47.1 Å². The lowest BCUT2D eigenvalue weighted by Gasteiger charge is -2.56. The summed E-state index contributed by atoms with van der Waals surface area (Å²) < 4.78 is 95.7. The first-order chi connectivity index (χ1) is 20.0. The van der Waals surface area contributed by atoms with E-state index in [-0.39, 0.29) is 24.1 Å². The van der Waals surface area contributed by atoms with Crippen molar-refractivity contribution in [1.29, 1.82) is 0 Å². The zero-order chi connectivity index (χ0) is 31.9. The molecule has 2 aromatic carbocycles. The molecule has 0 aromatic heterocycles. The summed E-state index contributed by atoms with van der Waals surface area (Å²) in [5, 5.41) is 0. The quantitative estimate of drug-likeness (QED) is 0.356. The fourth-order valence-electron chi connectivity index (χ4n) is 6.26. The third-order valence-electron chi connectivity index (χ3n) is 8.68. The Morgan fingerprint density at radius 3 is 1.98 bits per heavy atom. The van der Waals surface area contributed by atoms with Crippen molar-refractivity contribution in [3.05, 3.63) is 70.0 Å². The summed E-state index contributed by atoms with van der Waals surface area (Å²) in [6.45, 7) is 6.46. The molecule has 0 N–H and O–H groups in total. The average Bonchev–Trinajstić information content (AvgIpc) is 2.94. The van der Waals surface area contributed by atoms with Crippen LogP contribution in [0.25, 0.3) is 0 Å². The minimum atomic E-state index is -5.03. The highest BCUT2D eigenvalue weighted by Gasteiger charge is 2.50. The number of hydrogen-bond acceptors (Lipinski definition) is 3. The summed E-state index contributed by atoms with van der Waals surface area (Å²) in [6, 6.07) is 3.89. The lowest BCUT2D eigenvalue weighted by atomic mass is 9.83. The van der Waals surface area contributed by atoms with Gasteiger partial charge < -0.3 is 14.7 Å². The monoisotopic (exact) mass is 616 g/mol. The number of piperidine rings is 1. The lowest BCUT2D eigenvalue weighted by Crippen LogP contribution is -2.67. The molecule has 4 rings (SSSR count). The van der Waals surface area contributed by atoms with Gasteiger partial charge in [0.25, 0.3) is 0 Å². The Morgan fingerprint density at radius 2 is 1.47 bits per heavy atom. The van der Waals surface area contributed by atoms with Crippen molar-refractivity contribution in [3.63, 3.8) is 0 Å². The zero-order valence-corrected chi connectivity index (χ0v) is 24.4. The molecule has 0 radical (unpaired) electrons. The molecule has 0 aliphatic carbocycles. The molecule has 0 unspecified atom stereocenters. The fraction of sp³-hybridized carbons (Fsp3) is 0.533. The number of alkyl halides is 6. The second-order valence-electron chi connectivity index (χ2n) is 11.3. The number of urea groups is 1. The van der Waals surface area contributed by atoms with E-state index in [0.717, 1.165) is 11.3 Å². The molecule has 2 aliphatic heterocycles. The SMILES string of the molecule is CC(=O)N1CCN([C@]2(c3ccc(F)cc3C)CCCCN2C(=O)N(C)[C@H](C)c2cc(C(F)(F)F)cc(C(F)(F)F)c2)CC1. The number of likely N-dealkylation sites (tertiary alicyclic amines) is 1. The molecule has 2 aromatic rings. The predicted octanol–water partition coefficient (Wildman–Crippen LogP) is 6.79. The number of carbonyl (C=O) groups is 2. The van der Waals surface area contributed by atoms with E-state index >= 15 is 0 Å². The van der Waals surface area contributed by atoms with Gasteiger partial charge in [0, 0.05) is 46.7 Å². The second-order valence-corrected chi connectivity index (χ2v) is 11.3. The highest BCUT2D eigenvalue weighted by molar-refractivity contribution is 5.76. The van der Waals surface area contributed by atoms with Crippen LogP contribution in [0.15, 0.2) is 36.4 Å². The maximum Gasteiger partial charge on any atom is 0.416 e. The Bertz CT molecular complexity index is 1320. The van der Waals surface area contributed by atoms with Crippen molar-refractivity contribution < 1.29 is 40.3 Å². The van der Waals surface area contributed by atoms with Gasteiger partial charge in [0.1, 0.15) is 11.5 Å². The molecule has 2 fully saturated rings. The molecular formula is C30H35F7N4O2. The van der Waals surface area contributed by atoms with Gasteiger partial charge in [-0.2, -0.15) is 26.3 Å². The van der Waals surface area contributed by atoms with Gasteiger partial charge in [-0.1, -0.05) is 6.07 Å². The maximum atomic E-state index is 14.3. The van der Waals surface area contributed by atoms with E-state index in [1.54, 1.807) is 22.8 Å². The van der Waals surface area contributed by atoms with Crippen molar-refractivity contribution in [2.24, 2.45) is 0 Å². The van der Waals surface area contributed by atoms with Gasteiger partial charge in [-0.3, -0.25) is 9.69 Å². The number of amides is 3. The summed E-state index contributed by atoms with van der Waals surface area (Å²) in [5.74, 6) is -0.543. The summed E-state index contributed by atoms with van der Waals surface area (Å²) in [7, 11) is 1.35. The van der Waals surface area contributed by atoms with Gasteiger partial charge >= 0.3 is 18.4 Å². The molecule has 2 heterocycles. The number of benzene rings is 2. The van der Waals surface area contributed by atoms with E-state index in [1.807, 2.05) is 0 Å². The van der Waals surface area contributed by atoms with Crippen LogP contribution in [0.3, 0.4) is 0 Å². The number of aryl methyl sites for hydroxylation is 1. The van der Waals surface area contributed by atoms with Gasteiger partial charge in [0.2, 0.25) is 5.91 Å². The summed E-state index contributed by atoms with van der Waals surface area (Å²) in [6.07, 6.45) is -8.25. The molecular weight excluding hydrogens is 581 g/mol. The maximum absolute atomic E-state index is 14.3. The average molecular weight is 617 g/mol. The van der Waals surface area contributed by atoms with Gasteiger partial charge in [0.15, 0.2) is 0 Å². The standard InChI is InChI=1S/C30H35F7N4O2/c1-19-15-25(31)7-8-26(19)28(40-13-11-39(12-14-40)21(3)42)9-5-6-10-41(28)27(43)38(4)20(2)22-16-23(29(32,33)34)18-24(17-22)30(35,36)37/h7-8,15-18,20H,5-6,9-14H2,1-4H3/t20-,28-/m1/s1. The molecule has 43 heavy (non-hydrogen) atoms. The molecule has 2 saturated heterocycles. The van der Waals surface area contributed by atoms with Crippen molar-refractivity contribution in [2.75, 3.05) is 39.8 Å². The lowest BCUT2D eigenvalue weighted by molar-refractivity contribution is -0.143. The normalized spacial score (nSPS) is 21.1. The highest BCUT2D eigenvalue weighted by atomic mass is 19.4. The van der Waals surface area contributed by atoms with E-state index < -0.39 is 47.0 Å². The van der Waals surface area contributed by atoms with E-state index in [4.69, 9.17) is 0 Å². The van der Waals surface area contributed by atoms with Crippen LogP contribution < -0.4 is 0 Å². The minimum absolute atomic E-state index is 0.0612. The molecule has 0 bridgehead atoms. The number of halogens is 7. The Labute approximate surface area is 246 Å². The van der Waals surface area contributed by atoms with Crippen molar-refractivity contribution >= 4 is 11.9 Å². The van der Waals surface area contributed by atoms with E-state index in [2.05, 4.69) is 4.90 Å². The zero-order valence-electron chi connectivity index (χ0n) is 24.4. The highest BCUT2D eigenvalue weighted by Crippen LogP contribution is 2.44. The molecule has 236 valence electrons. The van der Waals surface area contributed by atoms with Crippen LogP contribution in [-0.4, -0.2) is 71.3 Å². The predicted molar refractivity (Wildman–Crippen MR) is 145 cm³/mol. The van der Waals surface area contributed by atoms with Crippen LogP contribution in [0, 0.1) is 12.7 Å². The molecule has 6 nitrogen and oxygen atoms in total. The largest absolute Gasteiger partial charge is 0.416 e. The van der Waals surface area contributed by atoms with Gasteiger partial charge in [-0.05, 0) is 80.1 Å². The van der Waals surface area contributed by atoms with E-state index in [0.29, 0.717) is 62.3 Å². The molecule has 3 amide bonds. The van der Waals surface area contributed by atoms with Crippen molar-refractivity contribution in [1.82, 2.24) is 19.6 Å². The second kappa shape index (κ2) is 12.0. The van der Waals surface area contributed by atoms with Gasteiger partial charge in [-0.15, -0.1) is 0 Å². The third kappa shape index (κ3) is 6.46. The smallest absolute Gasteiger partial charge is 0.340 e. The summed E-state index contributed by atoms with van der Waals surface area (Å²) in [5.41, 5.74) is -3.02. The van der Waals surface area contributed by atoms with Gasteiger partial charge in [0.05, 0.1) is 17.2 Å². The Morgan fingerprint density at radius 1 is 0.884 bits per heavy atom. The summed E-state index contributed by atoms with van der Waals surface area (Å²) >= 11 is 0. The van der Waals surface area contributed by atoms with E-state index in [9.17, 15) is 40.3 Å². The van der Waals surface area contributed by atoms with Crippen molar-refractivity contribution in [3.8, 4) is 0 Å².